The van der Waals surface area contributed by atoms with E-state index in [1.165, 1.54) is 0 Å². The van der Waals surface area contributed by atoms with Gasteiger partial charge in [0.25, 0.3) is 0 Å². The Hall–Kier alpha value is -1.32. The van der Waals surface area contributed by atoms with Crippen molar-refractivity contribution >= 4 is 5.97 Å². The number of aryl methyl sites for hydroxylation is 1. The zero-order valence-electron chi connectivity index (χ0n) is 7.19. The molecule has 4 nitrogen and oxygen atoms in total. The third kappa shape index (κ3) is 1.84. The highest BCUT2D eigenvalue weighted by Gasteiger charge is 2.13. The summed E-state index contributed by atoms with van der Waals surface area (Å²) in [7, 11) is 1.86. The summed E-state index contributed by atoms with van der Waals surface area (Å²) in [5.41, 5.74) is 0. The largest absolute Gasteiger partial charge is 0.481 e. The highest BCUT2D eigenvalue weighted by molar-refractivity contribution is 5.69. The normalized spacial score (nSPS) is 12.8. The van der Waals surface area contributed by atoms with E-state index in [4.69, 9.17) is 5.11 Å². The summed E-state index contributed by atoms with van der Waals surface area (Å²) in [6.45, 7) is 1.68. The molecule has 1 atom stereocenters. The Labute approximate surface area is 70.9 Å². The van der Waals surface area contributed by atoms with Crippen LogP contribution in [0, 0.1) is 5.92 Å². The van der Waals surface area contributed by atoms with Crippen LogP contribution in [0.4, 0.5) is 0 Å². The number of rotatable bonds is 3. The van der Waals surface area contributed by atoms with E-state index >= 15 is 0 Å². The first kappa shape index (κ1) is 8.77. The Balaban J connectivity index is 2.64. The quantitative estimate of drug-likeness (QED) is 0.722. The van der Waals surface area contributed by atoms with Crippen molar-refractivity contribution in [1.82, 2.24) is 9.55 Å². The Morgan fingerprint density at radius 1 is 1.83 bits per heavy atom. The van der Waals surface area contributed by atoms with Crippen LogP contribution >= 0.6 is 0 Å². The Morgan fingerprint density at radius 3 is 2.92 bits per heavy atom. The van der Waals surface area contributed by atoms with E-state index in [0.29, 0.717) is 6.42 Å². The maximum absolute atomic E-state index is 10.5. The Morgan fingerprint density at radius 2 is 2.50 bits per heavy atom. The SMILES string of the molecule is CC(Cc1nccn1C)C(=O)O. The van der Waals surface area contributed by atoms with Gasteiger partial charge in [-0.25, -0.2) is 4.98 Å². The molecule has 1 unspecified atom stereocenters. The van der Waals surface area contributed by atoms with Crippen molar-refractivity contribution in [3.8, 4) is 0 Å². The highest BCUT2D eigenvalue weighted by Crippen LogP contribution is 2.05. The van der Waals surface area contributed by atoms with Crippen molar-refractivity contribution in [2.75, 3.05) is 0 Å². The lowest BCUT2D eigenvalue weighted by Crippen LogP contribution is -2.14. The van der Waals surface area contributed by atoms with Crippen molar-refractivity contribution in [3.63, 3.8) is 0 Å². The molecule has 1 aromatic heterocycles. The van der Waals surface area contributed by atoms with Crippen LogP contribution in [0.25, 0.3) is 0 Å². The smallest absolute Gasteiger partial charge is 0.306 e. The average molecular weight is 168 g/mol. The highest BCUT2D eigenvalue weighted by atomic mass is 16.4. The van der Waals surface area contributed by atoms with Crippen LogP contribution in [0.15, 0.2) is 12.4 Å². The number of hydrogen-bond acceptors (Lipinski definition) is 2. The molecule has 0 fully saturated rings. The molecule has 0 amide bonds. The van der Waals surface area contributed by atoms with Gasteiger partial charge in [0.15, 0.2) is 0 Å². The summed E-state index contributed by atoms with van der Waals surface area (Å²) in [4.78, 5) is 14.5. The summed E-state index contributed by atoms with van der Waals surface area (Å²) in [6.07, 6.45) is 3.96. The van der Waals surface area contributed by atoms with Crippen LogP contribution < -0.4 is 0 Å². The molecule has 1 heterocycles. The summed E-state index contributed by atoms with van der Waals surface area (Å²) in [6, 6.07) is 0. The monoisotopic (exact) mass is 168 g/mol. The fourth-order valence-electron chi connectivity index (χ4n) is 0.954. The third-order valence-electron chi connectivity index (χ3n) is 1.83. The van der Waals surface area contributed by atoms with Gasteiger partial charge in [0.1, 0.15) is 5.82 Å². The predicted molar refractivity (Wildman–Crippen MR) is 43.7 cm³/mol. The molecule has 4 heteroatoms. The Bertz CT molecular complexity index is 280. The van der Waals surface area contributed by atoms with Gasteiger partial charge in [0, 0.05) is 25.9 Å². The van der Waals surface area contributed by atoms with Gasteiger partial charge in [-0.3, -0.25) is 4.79 Å². The molecule has 0 aliphatic heterocycles. The minimum absolute atomic E-state index is 0.369. The van der Waals surface area contributed by atoms with Crippen LogP contribution in [-0.2, 0) is 18.3 Å². The zero-order chi connectivity index (χ0) is 9.14. The molecule has 66 valence electrons. The third-order valence-corrected chi connectivity index (χ3v) is 1.83. The molecule has 0 saturated heterocycles. The maximum atomic E-state index is 10.5. The lowest BCUT2D eigenvalue weighted by atomic mass is 10.1. The second-order valence-electron chi connectivity index (χ2n) is 2.90. The van der Waals surface area contributed by atoms with Gasteiger partial charge in [0.05, 0.1) is 5.92 Å². The molecule has 0 aromatic carbocycles. The molecule has 0 saturated carbocycles. The van der Waals surface area contributed by atoms with Gasteiger partial charge < -0.3 is 9.67 Å². The second kappa shape index (κ2) is 3.38. The van der Waals surface area contributed by atoms with E-state index in [1.54, 1.807) is 13.1 Å². The van der Waals surface area contributed by atoms with Crippen LogP contribution in [0.3, 0.4) is 0 Å². The summed E-state index contributed by atoms with van der Waals surface area (Å²) < 4.78 is 1.83. The summed E-state index contributed by atoms with van der Waals surface area (Å²) in [5, 5.41) is 8.63. The molecular formula is C8H12N2O2. The van der Waals surface area contributed by atoms with E-state index in [1.807, 2.05) is 17.8 Å². The number of carboxylic acids is 1. The minimum Gasteiger partial charge on any atom is -0.481 e. The first-order chi connectivity index (χ1) is 5.61. The number of aromatic nitrogens is 2. The average Bonchev–Trinajstić information content (AvgIpc) is 2.36. The number of nitrogens with zero attached hydrogens (tertiary/aromatic N) is 2. The van der Waals surface area contributed by atoms with Crippen LogP contribution in [0.1, 0.15) is 12.7 Å². The van der Waals surface area contributed by atoms with Crippen molar-refractivity contribution in [2.24, 2.45) is 13.0 Å². The van der Waals surface area contributed by atoms with Gasteiger partial charge >= 0.3 is 5.97 Å². The fraction of sp³-hybridized carbons (Fsp3) is 0.500. The van der Waals surface area contributed by atoms with Crippen molar-refractivity contribution in [2.45, 2.75) is 13.3 Å². The lowest BCUT2D eigenvalue weighted by Gasteiger charge is -2.04. The summed E-state index contributed by atoms with van der Waals surface area (Å²) in [5.74, 6) is -0.339. The molecule has 12 heavy (non-hydrogen) atoms. The second-order valence-corrected chi connectivity index (χ2v) is 2.90. The van der Waals surface area contributed by atoms with Crippen LogP contribution in [0.2, 0.25) is 0 Å². The van der Waals surface area contributed by atoms with Crippen molar-refractivity contribution < 1.29 is 9.90 Å². The molecule has 0 spiro atoms. The number of hydrogen-bond donors (Lipinski definition) is 1. The van der Waals surface area contributed by atoms with Crippen LogP contribution in [0.5, 0.6) is 0 Å². The number of carbonyl (C=O) groups is 1. The molecule has 0 radical (unpaired) electrons. The number of carboxylic acid groups (broad SMARTS) is 1. The molecule has 0 bridgehead atoms. The van der Waals surface area contributed by atoms with Gasteiger partial charge in [-0.15, -0.1) is 0 Å². The molecule has 0 aliphatic rings. The van der Waals surface area contributed by atoms with E-state index < -0.39 is 5.97 Å². The van der Waals surface area contributed by atoms with Crippen LogP contribution in [-0.4, -0.2) is 20.6 Å². The fourth-order valence-corrected chi connectivity index (χ4v) is 0.954. The predicted octanol–water partition coefficient (Wildman–Crippen LogP) is 0.683. The van der Waals surface area contributed by atoms with E-state index in [-0.39, 0.29) is 5.92 Å². The van der Waals surface area contributed by atoms with Crippen molar-refractivity contribution in [1.29, 1.82) is 0 Å². The molecule has 1 rings (SSSR count). The number of imidazole rings is 1. The minimum atomic E-state index is -0.780. The molecule has 0 aliphatic carbocycles. The van der Waals surface area contributed by atoms with Gasteiger partial charge in [-0.1, -0.05) is 6.92 Å². The van der Waals surface area contributed by atoms with Gasteiger partial charge in [0.2, 0.25) is 0 Å². The van der Waals surface area contributed by atoms with Gasteiger partial charge in [-0.05, 0) is 0 Å². The lowest BCUT2D eigenvalue weighted by molar-refractivity contribution is -0.141. The van der Waals surface area contributed by atoms with E-state index in [0.717, 1.165) is 5.82 Å². The summed E-state index contributed by atoms with van der Waals surface area (Å²) >= 11 is 0. The maximum Gasteiger partial charge on any atom is 0.306 e. The molecule has 1 aromatic rings. The number of aliphatic carboxylic acids is 1. The molecule has 1 N–H and O–H groups in total. The molecular weight excluding hydrogens is 156 g/mol. The Kier molecular flexibility index (Phi) is 2.47. The topological polar surface area (TPSA) is 55.1 Å². The van der Waals surface area contributed by atoms with E-state index in [9.17, 15) is 4.79 Å². The van der Waals surface area contributed by atoms with E-state index in [2.05, 4.69) is 4.98 Å². The van der Waals surface area contributed by atoms with Crippen molar-refractivity contribution in [3.05, 3.63) is 18.2 Å². The standard InChI is InChI=1S/C8H12N2O2/c1-6(8(11)12)5-7-9-3-4-10(7)2/h3-4,6H,5H2,1-2H3,(H,11,12). The zero-order valence-corrected chi connectivity index (χ0v) is 7.19. The van der Waals surface area contributed by atoms with Gasteiger partial charge in [-0.2, -0.15) is 0 Å². The first-order valence-electron chi connectivity index (χ1n) is 3.80. The first-order valence-corrected chi connectivity index (χ1v) is 3.80.